The van der Waals surface area contributed by atoms with Crippen LogP contribution in [0.2, 0.25) is 0 Å². The molecule has 0 aromatic heterocycles. The van der Waals surface area contributed by atoms with Gasteiger partial charge in [0, 0.05) is 5.25 Å². The molecular formula is C12H16FNO2S. The third-order valence-electron chi connectivity index (χ3n) is 2.30. The van der Waals surface area contributed by atoms with E-state index in [0.717, 1.165) is 0 Å². The molecule has 0 heterocycles. The minimum atomic E-state index is -0.471. The average molecular weight is 257 g/mol. The van der Waals surface area contributed by atoms with E-state index in [0.29, 0.717) is 0 Å². The van der Waals surface area contributed by atoms with Crippen LogP contribution in [0.1, 0.15) is 13.8 Å². The van der Waals surface area contributed by atoms with Crippen molar-refractivity contribution in [3.05, 3.63) is 30.1 Å². The number of amides is 1. The van der Waals surface area contributed by atoms with Crippen LogP contribution in [0, 0.1) is 5.82 Å². The first-order valence-electron chi connectivity index (χ1n) is 5.34. The maximum absolute atomic E-state index is 13.2. The molecule has 0 spiro atoms. The summed E-state index contributed by atoms with van der Waals surface area (Å²) in [5, 5.41) is 11.7. The predicted octanol–water partition coefficient (Wildman–Crippen LogP) is 2.27. The normalized spacial score (nSPS) is 14.1. The van der Waals surface area contributed by atoms with E-state index in [2.05, 4.69) is 5.32 Å². The maximum atomic E-state index is 13.2. The zero-order valence-corrected chi connectivity index (χ0v) is 10.6. The van der Waals surface area contributed by atoms with Crippen LogP contribution in [0.3, 0.4) is 0 Å². The Morgan fingerprint density at radius 2 is 2.12 bits per heavy atom. The van der Waals surface area contributed by atoms with Gasteiger partial charge in [-0.1, -0.05) is 19.1 Å². The van der Waals surface area contributed by atoms with Gasteiger partial charge < -0.3 is 10.4 Å². The highest BCUT2D eigenvalue weighted by atomic mass is 32.2. The molecule has 2 unspecified atom stereocenters. The minimum absolute atomic E-state index is 0.0265. The van der Waals surface area contributed by atoms with E-state index in [1.807, 2.05) is 6.92 Å². The highest BCUT2D eigenvalue weighted by Crippen LogP contribution is 2.16. The number of benzene rings is 1. The van der Waals surface area contributed by atoms with E-state index in [1.165, 1.54) is 23.9 Å². The topological polar surface area (TPSA) is 49.3 Å². The van der Waals surface area contributed by atoms with Crippen LogP contribution in [0.15, 0.2) is 24.3 Å². The fourth-order valence-electron chi connectivity index (χ4n) is 1.10. The van der Waals surface area contributed by atoms with Crippen molar-refractivity contribution in [1.82, 2.24) is 0 Å². The molecule has 1 aromatic rings. The number of hydrogen-bond acceptors (Lipinski definition) is 3. The number of para-hydroxylation sites is 1. The van der Waals surface area contributed by atoms with Crippen LogP contribution >= 0.6 is 11.8 Å². The molecule has 0 bridgehead atoms. The number of nitrogens with one attached hydrogen (secondary N) is 1. The summed E-state index contributed by atoms with van der Waals surface area (Å²) in [6.45, 7) is 3.51. The molecule has 0 aliphatic carbocycles. The molecule has 94 valence electrons. The maximum Gasteiger partial charge on any atom is 0.234 e. The SMILES string of the molecule is CC(O)C(C)SCC(=O)Nc1ccccc1F. The molecule has 0 fully saturated rings. The lowest BCUT2D eigenvalue weighted by Crippen LogP contribution is -2.21. The Morgan fingerprint density at radius 3 is 2.71 bits per heavy atom. The van der Waals surface area contributed by atoms with Gasteiger partial charge in [0.05, 0.1) is 17.5 Å². The summed E-state index contributed by atoms with van der Waals surface area (Å²) in [4.78, 5) is 11.5. The van der Waals surface area contributed by atoms with Gasteiger partial charge in [0.25, 0.3) is 0 Å². The highest BCUT2D eigenvalue weighted by molar-refractivity contribution is 8.00. The van der Waals surface area contributed by atoms with Crippen molar-refractivity contribution in [1.29, 1.82) is 0 Å². The second kappa shape index (κ2) is 6.61. The molecule has 0 saturated heterocycles. The molecular weight excluding hydrogens is 241 g/mol. The quantitative estimate of drug-likeness (QED) is 0.850. The van der Waals surface area contributed by atoms with Crippen molar-refractivity contribution in [3.8, 4) is 0 Å². The van der Waals surface area contributed by atoms with E-state index >= 15 is 0 Å². The fraction of sp³-hybridized carbons (Fsp3) is 0.417. The second-order valence-corrected chi connectivity index (χ2v) is 5.15. The highest BCUT2D eigenvalue weighted by Gasteiger charge is 2.12. The van der Waals surface area contributed by atoms with Gasteiger partial charge in [0.15, 0.2) is 0 Å². The third kappa shape index (κ3) is 4.75. The second-order valence-electron chi connectivity index (χ2n) is 3.78. The molecule has 1 rings (SSSR count). The van der Waals surface area contributed by atoms with E-state index < -0.39 is 11.9 Å². The number of hydrogen-bond donors (Lipinski definition) is 2. The van der Waals surface area contributed by atoms with Gasteiger partial charge in [-0.15, -0.1) is 11.8 Å². The van der Waals surface area contributed by atoms with E-state index in [9.17, 15) is 14.3 Å². The van der Waals surface area contributed by atoms with Crippen LogP contribution in [-0.4, -0.2) is 28.1 Å². The summed E-state index contributed by atoms with van der Waals surface area (Å²) in [7, 11) is 0. The molecule has 1 amide bonds. The number of aliphatic hydroxyl groups excluding tert-OH is 1. The first-order chi connectivity index (χ1) is 8.00. The Hall–Kier alpha value is -1.07. The standard InChI is InChI=1S/C12H16FNO2S/c1-8(15)9(2)17-7-12(16)14-11-6-4-3-5-10(11)13/h3-6,8-9,15H,7H2,1-2H3,(H,14,16). The molecule has 0 radical (unpaired) electrons. The lowest BCUT2D eigenvalue weighted by atomic mass is 10.3. The van der Waals surface area contributed by atoms with Gasteiger partial charge in [-0.25, -0.2) is 4.39 Å². The van der Waals surface area contributed by atoms with Crippen molar-refractivity contribution in [2.75, 3.05) is 11.1 Å². The van der Waals surface area contributed by atoms with E-state index in [-0.39, 0.29) is 22.6 Å². The van der Waals surface area contributed by atoms with Crippen LogP contribution in [0.4, 0.5) is 10.1 Å². The van der Waals surface area contributed by atoms with Gasteiger partial charge >= 0.3 is 0 Å². The molecule has 3 nitrogen and oxygen atoms in total. The molecule has 2 atom stereocenters. The van der Waals surface area contributed by atoms with Gasteiger partial charge in [-0.05, 0) is 19.1 Å². The Kier molecular flexibility index (Phi) is 5.44. The van der Waals surface area contributed by atoms with Crippen molar-refractivity contribution >= 4 is 23.4 Å². The van der Waals surface area contributed by atoms with Gasteiger partial charge in [0.2, 0.25) is 5.91 Å². The third-order valence-corrected chi connectivity index (χ3v) is 3.65. The zero-order chi connectivity index (χ0) is 12.8. The summed E-state index contributed by atoms with van der Waals surface area (Å²) in [6.07, 6.45) is -0.471. The zero-order valence-electron chi connectivity index (χ0n) is 9.81. The van der Waals surface area contributed by atoms with Crippen molar-refractivity contribution < 1.29 is 14.3 Å². The number of thioether (sulfide) groups is 1. The molecule has 0 aliphatic heterocycles. The van der Waals surface area contributed by atoms with Gasteiger partial charge in [-0.2, -0.15) is 0 Å². The summed E-state index contributed by atoms with van der Waals surface area (Å²) >= 11 is 1.33. The number of halogens is 1. The monoisotopic (exact) mass is 257 g/mol. The van der Waals surface area contributed by atoms with Crippen molar-refractivity contribution in [2.45, 2.75) is 25.2 Å². The Labute approximate surface area is 104 Å². The molecule has 5 heteroatoms. The van der Waals surface area contributed by atoms with Crippen molar-refractivity contribution in [3.63, 3.8) is 0 Å². The number of anilines is 1. The molecule has 1 aromatic carbocycles. The number of carbonyl (C=O) groups is 1. The lowest BCUT2D eigenvalue weighted by molar-refractivity contribution is -0.113. The summed E-state index contributed by atoms with van der Waals surface area (Å²) in [5.41, 5.74) is 0.183. The Balaban J connectivity index is 2.43. The molecule has 0 aliphatic rings. The fourth-order valence-corrected chi connectivity index (χ4v) is 1.86. The molecule has 2 N–H and O–H groups in total. The Morgan fingerprint density at radius 1 is 1.47 bits per heavy atom. The summed E-state index contributed by atoms with van der Waals surface area (Å²) in [5.74, 6) is -0.526. The van der Waals surface area contributed by atoms with Crippen LogP contribution in [0.25, 0.3) is 0 Å². The molecule has 17 heavy (non-hydrogen) atoms. The number of carbonyl (C=O) groups excluding carboxylic acids is 1. The smallest absolute Gasteiger partial charge is 0.234 e. The predicted molar refractivity (Wildman–Crippen MR) is 68.6 cm³/mol. The van der Waals surface area contributed by atoms with E-state index in [1.54, 1.807) is 19.1 Å². The van der Waals surface area contributed by atoms with E-state index in [4.69, 9.17) is 0 Å². The number of aliphatic hydroxyl groups is 1. The van der Waals surface area contributed by atoms with Crippen molar-refractivity contribution in [2.24, 2.45) is 0 Å². The largest absolute Gasteiger partial charge is 0.392 e. The van der Waals surface area contributed by atoms with Crippen LogP contribution in [-0.2, 0) is 4.79 Å². The Bertz CT molecular complexity index is 385. The number of rotatable bonds is 5. The molecule has 0 saturated carbocycles. The summed E-state index contributed by atoms with van der Waals surface area (Å²) < 4.78 is 13.2. The van der Waals surface area contributed by atoms with Gasteiger partial charge in [0.1, 0.15) is 5.82 Å². The summed E-state index contributed by atoms with van der Waals surface area (Å²) in [6, 6.07) is 6.02. The van der Waals surface area contributed by atoms with Crippen LogP contribution in [0.5, 0.6) is 0 Å². The first-order valence-corrected chi connectivity index (χ1v) is 6.39. The lowest BCUT2D eigenvalue weighted by Gasteiger charge is -2.13. The average Bonchev–Trinajstić information content (AvgIpc) is 2.29. The first kappa shape index (κ1) is 14.0. The minimum Gasteiger partial charge on any atom is -0.392 e. The van der Waals surface area contributed by atoms with Gasteiger partial charge in [-0.3, -0.25) is 4.79 Å². The van der Waals surface area contributed by atoms with Crippen LogP contribution < -0.4 is 5.32 Å².